The second kappa shape index (κ2) is 5.89. The van der Waals surface area contributed by atoms with E-state index in [0.29, 0.717) is 10.7 Å². The summed E-state index contributed by atoms with van der Waals surface area (Å²) in [6.45, 7) is 5.59. The topological polar surface area (TPSA) is 61.4 Å². The highest BCUT2D eigenvalue weighted by molar-refractivity contribution is 6.32. The standard InChI is InChI=1S/C12H17ClN2O2/c1-7-4-10(5-8(2)11(7)13)15-12(17)14-6-9(3)16/h4-5,9,16H,6H2,1-3H3,(H2,14,15,17). The van der Waals surface area contributed by atoms with E-state index in [2.05, 4.69) is 10.6 Å². The lowest BCUT2D eigenvalue weighted by Gasteiger charge is -2.11. The van der Waals surface area contributed by atoms with Gasteiger partial charge in [-0.2, -0.15) is 0 Å². The summed E-state index contributed by atoms with van der Waals surface area (Å²) in [5.41, 5.74) is 2.52. The first-order chi connectivity index (χ1) is 7.90. The van der Waals surface area contributed by atoms with Gasteiger partial charge in [0.2, 0.25) is 0 Å². The van der Waals surface area contributed by atoms with Gasteiger partial charge >= 0.3 is 6.03 Å². The second-order valence-electron chi connectivity index (χ2n) is 4.11. The number of carbonyl (C=O) groups is 1. The maximum atomic E-state index is 11.5. The number of carbonyl (C=O) groups excluding carboxylic acids is 1. The van der Waals surface area contributed by atoms with Gasteiger partial charge in [0.25, 0.3) is 0 Å². The van der Waals surface area contributed by atoms with Crippen molar-refractivity contribution >= 4 is 23.3 Å². The number of aryl methyl sites for hydroxylation is 2. The molecule has 1 atom stereocenters. The van der Waals surface area contributed by atoms with Crippen LogP contribution in [0.5, 0.6) is 0 Å². The predicted octanol–water partition coefficient (Wildman–Crippen LogP) is 2.46. The first-order valence-electron chi connectivity index (χ1n) is 5.40. The molecule has 0 aliphatic heterocycles. The van der Waals surface area contributed by atoms with Gasteiger partial charge in [-0.15, -0.1) is 0 Å². The summed E-state index contributed by atoms with van der Waals surface area (Å²) in [5, 5.41) is 15.0. The van der Waals surface area contributed by atoms with E-state index in [4.69, 9.17) is 16.7 Å². The monoisotopic (exact) mass is 256 g/mol. The molecule has 1 aromatic carbocycles. The largest absolute Gasteiger partial charge is 0.392 e. The van der Waals surface area contributed by atoms with Gasteiger partial charge in [-0.3, -0.25) is 0 Å². The molecule has 17 heavy (non-hydrogen) atoms. The molecule has 0 aliphatic rings. The molecule has 0 bridgehead atoms. The number of rotatable bonds is 3. The summed E-state index contributed by atoms with van der Waals surface area (Å²) >= 11 is 6.03. The van der Waals surface area contributed by atoms with Crippen LogP contribution in [0.15, 0.2) is 12.1 Å². The quantitative estimate of drug-likeness (QED) is 0.778. The molecule has 4 nitrogen and oxygen atoms in total. The molecular formula is C12H17ClN2O2. The Kier molecular flexibility index (Phi) is 4.78. The zero-order valence-electron chi connectivity index (χ0n) is 10.2. The molecular weight excluding hydrogens is 240 g/mol. The number of anilines is 1. The van der Waals surface area contributed by atoms with E-state index in [1.54, 1.807) is 19.1 Å². The number of aliphatic hydroxyl groups excluding tert-OH is 1. The van der Waals surface area contributed by atoms with E-state index in [9.17, 15) is 4.79 Å². The van der Waals surface area contributed by atoms with E-state index in [1.807, 2.05) is 13.8 Å². The Labute approximate surface area is 106 Å². The average Bonchev–Trinajstić information content (AvgIpc) is 2.23. The molecule has 1 rings (SSSR count). The molecule has 1 unspecified atom stereocenters. The number of nitrogens with one attached hydrogen (secondary N) is 2. The summed E-state index contributed by atoms with van der Waals surface area (Å²) in [7, 11) is 0. The third-order valence-corrected chi connectivity index (χ3v) is 2.85. The predicted molar refractivity (Wildman–Crippen MR) is 69.6 cm³/mol. The molecule has 94 valence electrons. The Morgan fingerprint density at radius 1 is 1.41 bits per heavy atom. The van der Waals surface area contributed by atoms with Crippen LogP contribution < -0.4 is 10.6 Å². The molecule has 0 radical (unpaired) electrons. The van der Waals surface area contributed by atoms with Gasteiger partial charge in [-0.1, -0.05) is 11.6 Å². The molecule has 5 heteroatoms. The lowest BCUT2D eigenvalue weighted by Crippen LogP contribution is -2.34. The van der Waals surface area contributed by atoms with Crippen LogP contribution in [-0.4, -0.2) is 23.8 Å². The van der Waals surface area contributed by atoms with Crippen molar-refractivity contribution in [3.8, 4) is 0 Å². The minimum Gasteiger partial charge on any atom is -0.392 e. The summed E-state index contributed by atoms with van der Waals surface area (Å²) in [6.07, 6.45) is -0.561. The van der Waals surface area contributed by atoms with Crippen LogP contribution in [-0.2, 0) is 0 Å². The van der Waals surface area contributed by atoms with Crippen molar-refractivity contribution in [1.29, 1.82) is 0 Å². The van der Waals surface area contributed by atoms with Gasteiger partial charge in [0.15, 0.2) is 0 Å². The van der Waals surface area contributed by atoms with E-state index in [0.717, 1.165) is 11.1 Å². The number of amides is 2. The maximum absolute atomic E-state index is 11.5. The number of urea groups is 1. The van der Waals surface area contributed by atoms with Crippen LogP contribution >= 0.6 is 11.6 Å². The van der Waals surface area contributed by atoms with Crippen molar-refractivity contribution in [3.63, 3.8) is 0 Å². The van der Waals surface area contributed by atoms with Crippen LogP contribution in [0.3, 0.4) is 0 Å². The number of hydrogen-bond donors (Lipinski definition) is 3. The molecule has 1 aromatic rings. The van der Waals surface area contributed by atoms with Crippen molar-refractivity contribution in [2.45, 2.75) is 26.9 Å². The molecule has 2 amide bonds. The van der Waals surface area contributed by atoms with E-state index in [-0.39, 0.29) is 12.6 Å². The van der Waals surface area contributed by atoms with Crippen molar-refractivity contribution < 1.29 is 9.90 Å². The zero-order chi connectivity index (χ0) is 13.0. The Bertz CT molecular complexity index is 396. The van der Waals surface area contributed by atoms with Crippen LogP contribution in [0.2, 0.25) is 5.02 Å². The summed E-state index contributed by atoms with van der Waals surface area (Å²) in [4.78, 5) is 11.5. The van der Waals surface area contributed by atoms with Gasteiger partial charge in [-0.05, 0) is 44.0 Å². The fourth-order valence-corrected chi connectivity index (χ4v) is 1.54. The summed E-state index contributed by atoms with van der Waals surface area (Å²) < 4.78 is 0. The zero-order valence-corrected chi connectivity index (χ0v) is 10.9. The van der Waals surface area contributed by atoms with Crippen molar-refractivity contribution in [3.05, 3.63) is 28.3 Å². The van der Waals surface area contributed by atoms with Gasteiger partial charge in [0.1, 0.15) is 0 Å². The van der Waals surface area contributed by atoms with Crippen molar-refractivity contribution in [1.82, 2.24) is 5.32 Å². The molecule has 0 aliphatic carbocycles. The first kappa shape index (κ1) is 13.8. The second-order valence-corrected chi connectivity index (χ2v) is 4.49. The Balaban J connectivity index is 2.66. The number of benzene rings is 1. The van der Waals surface area contributed by atoms with Crippen LogP contribution in [0.4, 0.5) is 10.5 Å². The fraction of sp³-hybridized carbons (Fsp3) is 0.417. The molecule has 0 fully saturated rings. The molecule has 0 aromatic heterocycles. The number of halogens is 1. The number of hydrogen-bond acceptors (Lipinski definition) is 2. The molecule has 0 spiro atoms. The summed E-state index contributed by atoms with van der Waals surface area (Å²) in [5.74, 6) is 0. The maximum Gasteiger partial charge on any atom is 0.319 e. The third-order valence-electron chi connectivity index (χ3n) is 2.25. The molecule has 3 N–H and O–H groups in total. The normalized spacial score (nSPS) is 12.1. The highest BCUT2D eigenvalue weighted by Crippen LogP contribution is 2.24. The fourth-order valence-electron chi connectivity index (χ4n) is 1.43. The van der Waals surface area contributed by atoms with Crippen LogP contribution in [0.1, 0.15) is 18.1 Å². The SMILES string of the molecule is Cc1cc(NC(=O)NCC(C)O)cc(C)c1Cl. The Morgan fingerprint density at radius 2 is 1.94 bits per heavy atom. The highest BCUT2D eigenvalue weighted by Gasteiger charge is 2.06. The first-order valence-corrected chi connectivity index (χ1v) is 5.77. The van der Waals surface area contributed by atoms with Crippen LogP contribution in [0.25, 0.3) is 0 Å². The molecule has 0 saturated heterocycles. The minimum atomic E-state index is -0.561. The smallest absolute Gasteiger partial charge is 0.319 e. The van der Waals surface area contributed by atoms with Gasteiger partial charge in [0, 0.05) is 17.3 Å². The van der Waals surface area contributed by atoms with Crippen molar-refractivity contribution in [2.24, 2.45) is 0 Å². The Hall–Kier alpha value is -1.26. The van der Waals surface area contributed by atoms with Crippen molar-refractivity contribution in [2.75, 3.05) is 11.9 Å². The van der Waals surface area contributed by atoms with E-state index >= 15 is 0 Å². The van der Waals surface area contributed by atoms with E-state index < -0.39 is 6.10 Å². The third kappa shape index (κ3) is 4.24. The molecule has 0 saturated carbocycles. The van der Waals surface area contributed by atoms with Gasteiger partial charge < -0.3 is 15.7 Å². The Morgan fingerprint density at radius 3 is 2.41 bits per heavy atom. The minimum absolute atomic E-state index is 0.220. The van der Waals surface area contributed by atoms with Crippen LogP contribution in [0, 0.1) is 13.8 Å². The van der Waals surface area contributed by atoms with E-state index in [1.165, 1.54) is 0 Å². The molecule has 0 heterocycles. The lowest BCUT2D eigenvalue weighted by molar-refractivity contribution is 0.190. The lowest BCUT2D eigenvalue weighted by atomic mass is 10.1. The van der Waals surface area contributed by atoms with Gasteiger partial charge in [-0.25, -0.2) is 4.79 Å². The average molecular weight is 257 g/mol. The summed E-state index contributed by atoms with van der Waals surface area (Å²) in [6, 6.07) is 3.27. The van der Waals surface area contributed by atoms with Gasteiger partial charge in [0.05, 0.1) is 6.10 Å². The number of aliphatic hydroxyl groups is 1. The highest BCUT2D eigenvalue weighted by atomic mass is 35.5.